The monoisotopic (exact) mass is 512 g/mol. The molecule has 0 saturated carbocycles. The van der Waals surface area contributed by atoms with Gasteiger partial charge >= 0.3 is 29.4 Å². The lowest BCUT2D eigenvalue weighted by Gasteiger charge is -2.26. The number of nitrogens with zero attached hydrogens (tertiary/aromatic N) is 1. The third-order valence-electron chi connectivity index (χ3n) is 3.78. The topological polar surface area (TPSA) is 111 Å². The molecule has 14 heteroatoms. The quantitative estimate of drug-likeness (QED) is 0.316. The van der Waals surface area contributed by atoms with E-state index in [1.165, 1.54) is 18.0 Å². The van der Waals surface area contributed by atoms with Gasteiger partial charge in [0.15, 0.2) is 0 Å². The highest BCUT2D eigenvalue weighted by Gasteiger charge is 2.41. The lowest BCUT2D eigenvalue weighted by molar-refractivity contribution is -0.145. The van der Waals surface area contributed by atoms with Gasteiger partial charge in [0.2, 0.25) is 3.79 Å². The van der Waals surface area contributed by atoms with Crippen molar-refractivity contribution >= 4 is 64.2 Å². The van der Waals surface area contributed by atoms with Crippen LogP contribution in [0.2, 0.25) is 0 Å². The van der Waals surface area contributed by atoms with Gasteiger partial charge in [-0.25, -0.2) is 0 Å². The van der Waals surface area contributed by atoms with Gasteiger partial charge in [-0.05, 0) is 19.0 Å². The Morgan fingerprint density at radius 3 is 2.32 bits per heavy atom. The molecule has 170 valence electrons. The van der Waals surface area contributed by atoms with Crippen LogP contribution in [0.3, 0.4) is 0 Å². The van der Waals surface area contributed by atoms with Crippen LogP contribution in [-0.2, 0) is 39.8 Å². The number of rotatable bonds is 8. The summed E-state index contributed by atoms with van der Waals surface area (Å²) in [4.78, 5) is 25.5. The summed E-state index contributed by atoms with van der Waals surface area (Å²) >= 11 is 16.6. The standard InChI is InChI=1S/C17H20BCl3N2O7S/c1-23-10-15(24)29-18(30-16(25)11-23)14(9-5-8-13-6-3-2-4-7-13)22-31(26,27)28-12-17(19,20)21/h2-7,9,14,22H,8,10-12H2,1H3/b9-5+. The minimum absolute atomic E-state index is 0.178. The Labute approximate surface area is 195 Å². The van der Waals surface area contributed by atoms with E-state index in [0.29, 0.717) is 6.42 Å². The first-order chi connectivity index (χ1) is 14.4. The first kappa shape index (κ1) is 25.9. The van der Waals surface area contributed by atoms with E-state index in [2.05, 4.69) is 8.91 Å². The number of alkyl halides is 3. The van der Waals surface area contributed by atoms with Gasteiger partial charge < -0.3 is 9.31 Å². The molecule has 0 aliphatic carbocycles. The molecule has 1 N–H and O–H groups in total. The molecule has 0 amide bonds. The molecule has 1 aromatic rings. The van der Waals surface area contributed by atoms with Crippen LogP contribution in [0.15, 0.2) is 42.5 Å². The van der Waals surface area contributed by atoms with Crippen molar-refractivity contribution in [1.29, 1.82) is 0 Å². The number of benzene rings is 1. The van der Waals surface area contributed by atoms with Gasteiger partial charge in [-0.1, -0.05) is 77.3 Å². The molecule has 31 heavy (non-hydrogen) atoms. The van der Waals surface area contributed by atoms with Gasteiger partial charge in [0, 0.05) is 0 Å². The zero-order valence-electron chi connectivity index (χ0n) is 16.4. The highest BCUT2D eigenvalue weighted by Crippen LogP contribution is 2.26. The summed E-state index contributed by atoms with van der Waals surface area (Å²) in [5.41, 5.74) is 0.945. The van der Waals surface area contributed by atoms with Crippen molar-refractivity contribution in [3.05, 3.63) is 48.0 Å². The van der Waals surface area contributed by atoms with Crippen LogP contribution in [0.4, 0.5) is 0 Å². The molecule has 1 atom stereocenters. The molecule has 9 nitrogen and oxygen atoms in total. The van der Waals surface area contributed by atoms with Crippen LogP contribution in [0.1, 0.15) is 5.56 Å². The van der Waals surface area contributed by atoms with Crippen LogP contribution in [-0.4, -0.2) is 68.9 Å². The second-order valence-electron chi connectivity index (χ2n) is 6.61. The minimum atomic E-state index is -4.47. The first-order valence-electron chi connectivity index (χ1n) is 8.95. The van der Waals surface area contributed by atoms with Crippen LogP contribution < -0.4 is 4.72 Å². The lowest BCUT2D eigenvalue weighted by Crippen LogP contribution is -2.53. The number of carbonyl (C=O) groups excluding carboxylic acids is 2. The molecule has 2 rings (SSSR count). The number of halogens is 3. The van der Waals surface area contributed by atoms with Crippen molar-refractivity contribution in [2.24, 2.45) is 0 Å². The van der Waals surface area contributed by atoms with Crippen molar-refractivity contribution in [1.82, 2.24) is 9.62 Å². The maximum Gasteiger partial charge on any atom is 0.622 e. The predicted molar refractivity (Wildman–Crippen MR) is 117 cm³/mol. The fourth-order valence-corrected chi connectivity index (χ4v) is 3.78. The Balaban J connectivity index is 2.21. The van der Waals surface area contributed by atoms with E-state index in [1.54, 1.807) is 6.08 Å². The molecular formula is C17H20BCl3N2O7S. The molecule has 1 aliphatic rings. The van der Waals surface area contributed by atoms with Gasteiger partial charge in [-0.15, -0.1) is 0 Å². The summed E-state index contributed by atoms with van der Waals surface area (Å²) in [6.07, 6.45) is 3.45. The van der Waals surface area contributed by atoms with E-state index in [-0.39, 0.29) is 13.1 Å². The molecule has 1 unspecified atom stereocenters. The SMILES string of the molecule is CN1CC(=O)OB(C(/C=C/Cc2ccccc2)NS(=O)(=O)OCC(Cl)(Cl)Cl)OC(=O)C1. The van der Waals surface area contributed by atoms with Gasteiger partial charge in [0.05, 0.1) is 13.1 Å². The van der Waals surface area contributed by atoms with Gasteiger partial charge in [-0.2, -0.15) is 13.1 Å². The highest BCUT2D eigenvalue weighted by molar-refractivity contribution is 7.84. The lowest BCUT2D eigenvalue weighted by atomic mass is 9.78. The molecular weight excluding hydrogens is 493 g/mol. The van der Waals surface area contributed by atoms with Gasteiger partial charge in [0.25, 0.3) is 0 Å². The molecule has 1 fully saturated rings. The molecule has 1 aromatic carbocycles. The van der Waals surface area contributed by atoms with Crippen molar-refractivity contribution < 1.29 is 31.5 Å². The summed E-state index contributed by atoms with van der Waals surface area (Å²) in [5.74, 6) is -2.70. The maximum atomic E-state index is 12.3. The number of allylic oxidation sites excluding steroid dienone is 1. The fourth-order valence-electron chi connectivity index (χ4n) is 2.50. The molecule has 0 aromatic heterocycles. The number of hydrogen-bond donors (Lipinski definition) is 1. The average Bonchev–Trinajstić information content (AvgIpc) is 2.64. The second-order valence-corrected chi connectivity index (χ2v) is 10.5. The average molecular weight is 514 g/mol. The zero-order valence-corrected chi connectivity index (χ0v) is 19.5. The Kier molecular flexibility index (Phi) is 9.62. The van der Waals surface area contributed by atoms with Crippen molar-refractivity contribution in [3.8, 4) is 0 Å². The van der Waals surface area contributed by atoms with Crippen LogP contribution in [0.5, 0.6) is 0 Å². The zero-order chi connectivity index (χ0) is 23.1. The van der Waals surface area contributed by atoms with E-state index < -0.39 is 45.7 Å². The molecule has 1 saturated heterocycles. The van der Waals surface area contributed by atoms with E-state index in [9.17, 15) is 18.0 Å². The summed E-state index contributed by atoms with van der Waals surface area (Å²) in [6, 6.07) is 9.31. The van der Waals surface area contributed by atoms with E-state index in [1.807, 2.05) is 30.3 Å². The predicted octanol–water partition coefficient (Wildman–Crippen LogP) is 1.43. The maximum absolute atomic E-state index is 12.3. The molecule has 0 radical (unpaired) electrons. The molecule has 1 heterocycles. The van der Waals surface area contributed by atoms with Crippen LogP contribution in [0, 0.1) is 0 Å². The second kappa shape index (κ2) is 11.5. The smallest absolute Gasteiger partial charge is 0.497 e. The minimum Gasteiger partial charge on any atom is -0.497 e. The molecule has 1 aliphatic heterocycles. The number of likely N-dealkylation sites (N-methyl/N-ethyl adjacent to an activating group) is 1. The first-order valence-corrected chi connectivity index (χ1v) is 11.5. The Hall–Kier alpha value is -1.34. The van der Waals surface area contributed by atoms with E-state index in [0.717, 1.165) is 5.56 Å². The van der Waals surface area contributed by atoms with E-state index >= 15 is 0 Å². The fraction of sp³-hybridized carbons (Fsp3) is 0.412. The van der Waals surface area contributed by atoms with Crippen molar-refractivity contribution in [2.45, 2.75) is 16.2 Å². The molecule has 0 bridgehead atoms. The number of hydrogen-bond acceptors (Lipinski definition) is 8. The Morgan fingerprint density at radius 2 is 1.77 bits per heavy atom. The molecule has 0 spiro atoms. The normalized spacial score (nSPS) is 17.7. The number of nitrogens with one attached hydrogen (secondary N) is 1. The third kappa shape index (κ3) is 10.2. The van der Waals surface area contributed by atoms with Gasteiger partial charge in [-0.3, -0.25) is 18.7 Å². The largest absolute Gasteiger partial charge is 0.622 e. The summed E-state index contributed by atoms with van der Waals surface area (Å²) < 4.78 is 39.7. The third-order valence-corrected chi connectivity index (χ3v) is 5.10. The van der Waals surface area contributed by atoms with E-state index in [4.69, 9.17) is 44.1 Å². The van der Waals surface area contributed by atoms with Crippen LogP contribution >= 0.6 is 34.8 Å². The van der Waals surface area contributed by atoms with Crippen molar-refractivity contribution in [3.63, 3.8) is 0 Å². The summed E-state index contributed by atoms with van der Waals surface area (Å²) in [5, 5.41) is 0. The van der Waals surface area contributed by atoms with Gasteiger partial charge in [0.1, 0.15) is 12.5 Å². The summed E-state index contributed by atoms with van der Waals surface area (Å²) in [6.45, 7) is -1.12. The van der Waals surface area contributed by atoms with Crippen LogP contribution in [0.25, 0.3) is 0 Å². The van der Waals surface area contributed by atoms with Crippen molar-refractivity contribution in [2.75, 3.05) is 26.7 Å². The number of carbonyl (C=O) groups is 2. The summed E-state index contributed by atoms with van der Waals surface area (Å²) in [7, 11) is -4.50. The highest BCUT2D eigenvalue weighted by atomic mass is 35.6. The Morgan fingerprint density at radius 1 is 1.19 bits per heavy atom. The Bertz CT molecular complexity index is 877.